The van der Waals surface area contributed by atoms with E-state index >= 15 is 0 Å². The molecule has 4 heterocycles. The van der Waals surface area contributed by atoms with Crippen LogP contribution in [0.4, 0.5) is 4.39 Å². The van der Waals surface area contributed by atoms with Crippen LogP contribution in [0.5, 0.6) is 0 Å². The van der Waals surface area contributed by atoms with E-state index in [0.29, 0.717) is 42.1 Å². The van der Waals surface area contributed by atoms with Crippen LogP contribution in [0.3, 0.4) is 0 Å². The van der Waals surface area contributed by atoms with Crippen molar-refractivity contribution in [2.45, 2.75) is 13.2 Å². The molecule has 0 bridgehead atoms. The van der Waals surface area contributed by atoms with Gasteiger partial charge in [0.2, 0.25) is 0 Å². The van der Waals surface area contributed by atoms with Crippen LogP contribution >= 0.6 is 0 Å². The Balaban J connectivity index is 1.32. The second kappa shape index (κ2) is 7.73. The smallest absolute Gasteiger partial charge is 0.254 e. The number of likely N-dealkylation sites (tertiary alicyclic amines) is 2. The molecule has 2 saturated heterocycles. The zero-order valence-corrected chi connectivity index (χ0v) is 17.1. The number of nitrogens with zero attached hydrogens (tertiary/aromatic N) is 5. The molecule has 3 aliphatic heterocycles. The summed E-state index contributed by atoms with van der Waals surface area (Å²) in [5, 5.41) is 13.1. The van der Waals surface area contributed by atoms with Crippen molar-refractivity contribution in [1.29, 1.82) is 0 Å². The predicted octanol–water partition coefficient (Wildman–Crippen LogP) is 1.47. The van der Waals surface area contributed by atoms with Crippen molar-refractivity contribution >= 4 is 11.7 Å². The summed E-state index contributed by atoms with van der Waals surface area (Å²) in [6.07, 6.45) is 4.08. The Morgan fingerprint density at radius 3 is 2.55 bits per heavy atom. The maximum Gasteiger partial charge on any atom is 0.254 e. The van der Waals surface area contributed by atoms with Crippen LogP contribution in [-0.4, -0.2) is 69.0 Å². The number of aliphatic hydroxyl groups excluding tert-OH is 1. The van der Waals surface area contributed by atoms with Gasteiger partial charge in [0.05, 0.1) is 5.56 Å². The molecule has 9 heteroatoms. The van der Waals surface area contributed by atoms with Crippen LogP contribution < -0.4 is 5.32 Å². The van der Waals surface area contributed by atoms with Gasteiger partial charge >= 0.3 is 0 Å². The van der Waals surface area contributed by atoms with Crippen molar-refractivity contribution in [3.63, 3.8) is 0 Å². The third-order valence-electron chi connectivity index (χ3n) is 6.07. The molecule has 0 spiro atoms. The van der Waals surface area contributed by atoms with Crippen molar-refractivity contribution in [2.75, 3.05) is 26.2 Å². The van der Waals surface area contributed by atoms with Gasteiger partial charge in [0.25, 0.3) is 5.91 Å². The van der Waals surface area contributed by atoms with E-state index in [1.807, 2.05) is 6.92 Å². The van der Waals surface area contributed by atoms with E-state index in [0.717, 1.165) is 18.9 Å². The summed E-state index contributed by atoms with van der Waals surface area (Å²) in [5.41, 5.74) is 0.820. The highest BCUT2D eigenvalue weighted by molar-refractivity contribution is 6.00. The lowest BCUT2D eigenvalue weighted by Gasteiger charge is -2.28. The first-order chi connectivity index (χ1) is 15.0. The third-order valence-corrected chi connectivity index (χ3v) is 6.07. The van der Waals surface area contributed by atoms with Gasteiger partial charge in [0.15, 0.2) is 12.1 Å². The van der Waals surface area contributed by atoms with E-state index < -0.39 is 12.0 Å². The quantitative estimate of drug-likeness (QED) is 0.778. The zero-order chi connectivity index (χ0) is 21.5. The Labute approximate surface area is 179 Å². The number of carbonyl (C=O) groups excluding carboxylic acids is 1. The largest absolute Gasteiger partial charge is 0.368 e. The van der Waals surface area contributed by atoms with E-state index in [-0.39, 0.29) is 11.5 Å². The molecule has 2 N–H and O–H groups in total. The number of carbonyl (C=O) groups is 1. The lowest BCUT2D eigenvalue weighted by atomic mass is 10.0. The number of fused-ring (bicyclic) bond motifs is 1. The minimum Gasteiger partial charge on any atom is -0.368 e. The fourth-order valence-electron chi connectivity index (χ4n) is 4.67. The molecule has 5 rings (SSSR count). The first kappa shape index (κ1) is 19.6. The summed E-state index contributed by atoms with van der Waals surface area (Å²) in [6.45, 7) is 4.60. The fourth-order valence-corrected chi connectivity index (χ4v) is 4.67. The van der Waals surface area contributed by atoms with E-state index in [1.54, 1.807) is 35.5 Å². The molecule has 8 nitrogen and oxygen atoms in total. The van der Waals surface area contributed by atoms with Gasteiger partial charge in [0.1, 0.15) is 17.5 Å². The molecular weight excluding hydrogens is 399 g/mol. The summed E-state index contributed by atoms with van der Waals surface area (Å²) < 4.78 is 14.0. The number of benzene rings is 1. The Morgan fingerprint density at radius 1 is 1.16 bits per heavy atom. The average Bonchev–Trinajstić information content (AvgIpc) is 3.32. The van der Waals surface area contributed by atoms with Crippen LogP contribution in [0.25, 0.3) is 11.4 Å². The van der Waals surface area contributed by atoms with Crippen LogP contribution in [0.2, 0.25) is 0 Å². The molecule has 1 aromatic heterocycles. The molecule has 1 aromatic carbocycles. The maximum atomic E-state index is 14.0. The van der Waals surface area contributed by atoms with Gasteiger partial charge in [-0.2, -0.15) is 0 Å². The molecule has 3 aliphatic rings. The van der Waals surface area contributed by atoms with Crippen LogP contribution in [0, 0.1) is 17.7 Å². The summed E-state index contributed by atoms with van der Waals surface area (Å²) in [5.74, 6) is 1.92. The minimum atomic E-state index is -0.832. The first-order valence-electron chi connectivity index (χ1n) is 10.3. The van der Waals surface area contributed by atoms with Crippen molar-refractivity contribution < 1.29 is 14.3 Å². The van der Waals surface area contributed by atoms with Gasteiger partial charge in [-0.25, -0.2) is 19.4 Å². The molecule has 0 aliphatic carbocycles. The van der Waals surface area contributed by atoms with E-state index in [2.05, 4.69) is 25.2 Å². The molecule has 0 radical (unpaired) electrons. The predicted molar refractivity (Wildman–Crippen MR) is 112 cm³/mol. The van der Waals surface area contributed by atoms with Gasteiger partial charge in [0, 0.05) is 62.0 Å². The molecule has 2 fully saturated rings. The van der Waals surface area contributed by atoms with Crippen molar-refractivity contribution in [2.24, 2.45) is 16.8 Å². The van der Waals surface area contributed by atoms with Gasteiger partial charge in [-0.05, 0) is 31.2 Å². The van der Waals surface area contributed by atoms with Crippen molar-refractivity contribution in [1.82, 2.24) is 25.1 Å². The van der Waals surface area contributed by atoms with Crippen molar-refractivity contribution in [3.05, 3.63) is 59.9 Å². The average molecular weight is 422 g/mol. The molecule has 0 saturated carbocycles. The van der Waals surface area contributed by atoms with E-state index in [4.69, 9.17) is 0 Å². The number of nitrogens with one attached hydrogen (secondary N) is 1. The van der Waals surface area contributed by atoms with Crippen LogP contribution in [0.1, 0.15) is 17.3 Å². The fraction of sp³-hybridized carbons (Fsp3) is 0.364. The minimum absolute atomic E-state index is 0.198. The number of aliphatic imine (C=N–C) groups is 1. The second-order valence-corrected chi connectivity index (χ2v) is 8.20. The monoisotopic (exact) mass is 422 g/mol. The number of aromatic nitrogens is 2. The van der Waals surface area contributed by atoms with Gasteiger partial charge in [-0.15, -0.1) is 0 Å². The molecule has 3 atom stereocenters. The number of aliphatic hydroxyl groups is 1. The number of rotatable bonds is 3. The molecular formula is C22H23FN6O2. The number of amides is 1. The number of halogens is 1. The molecule has 31 heavy (non-hydrogen) atoms. The van der Waals surface area contributed by atoms with Crippen LogP contribution in [0.15, 0.2) is 53.5 Å². The normalized spacial score (nSPS) is 25.1. The highest BCUT2D eigenvalue weighted by atomic mass is 19.1. The summed E-state index contributed by atoms with van der Waals surface area (Å²) in [7, 11) is 0. The van der Waals surface area contributed by atoms with Gasteiger partial charge in [-0.1, -0.05) is 0 Å². The lowest BCUT2D eigenvalue weighted by Crippen LogP contribution is -2.39. The maximum absolute atomic E-state index is 14.0. The summed E-state index contributed by atoms with van der Waals surface area (Å²) in [6, 6.07) is 5.86. The topological polar surface area (TPSA) is 94.0 Å². The third kappa shape index (κ3) is 3.76. The highest BCUT2D eigenvalue weighted by Crippen LogP contribution is 2.34. The van der Waals surface area contributed by atoms with E-state index in [1.165, 1.54) is 12.1 Å². The number of hydrogen-bond acceptors (Lipinski definition) is 7. The number of hydrogen-bond donors (Lipinski definition) is 2. The number of amidine groups is 1. The SMILES string of the molecule is CC1=NC(O)C=C(N2CC3CN(C(=O)c4cc(F)ccc4-c4ncccn4)CC3C2)N1. The van der Waals surface area contributed by atoms with Gasteiger partial charge < -0.3 is 20.2 Å². The molecule has 2 aromatic rings. The standard InChI is InChI=1S/C22H23FN6O2/c1-13-26-19(8-20(30)27-13)28-9-14-11-29(12-15(14)10-28)22(31)18-7-16(23)3-4-17(18)21-24-5-2-6-25-21/h2-8,14-15,20,30H,9-12H2,1H3,(H,26,27). The summed E-state index contributed by atoms with van der Waals surface area (Å²) >= 11 is 0. The van der Waals surface area contributed by atoms with Crippen LogP contribution in [-0.2, 0) is 0 Å². The lowest BCUT2D eigenvalue weighted by molar-refractivity contribution is 0.0776. The Kier molecular flexibility index (Phi) is 4.90. The first-order valence-corrected chi connectivity index (χ1v) is 10.3. The second-order valence-electron chi connectivity index (χ2n) is 8.20. The molecule has 3 unspecified atom stereocenters. The molecule has 1 amide bonds. The molecule has 160 valence electrons. The Hall–Kier alpha value is -3.33. The zero-order valence-electron chi connectivity index (χ0n) is 17.1. The summed E-state index contributed by atoms with van der Waals surface area (Å²) in [4.78, 5) is 29.8. The Bertz CT molecular complexity index is 1060. The highest BCUT2D eigenvalue weighted by Gasteiger charge is 2.43. The van der Waals surface area contributed by atoms with Gasteiger partial charge in [-0.3, -0.25) is 4.79 Å². The van der Waals surface area contributed by atoms with E-state index in [9.17, 15) is 14.3 Å². The van der Waals surface area contributed by atoms with Crippen molar-refractivity contribution in [3.8, 4) is 11.4 Å². The Morgan fingerprint density at radius 2 is 1.87 bits per heavy atom.